The van der Waals surface area contributed by atoms with Crippen molar-refractivity contribution in [2.24, 2.45) is 0 Å². The minimum atomic E-state index is -0.880. The zero-order valence-corrected chi connectivity index (χ0v) is 12.7. The van der Waals surface area contributed by atoms with Gasteiger partial charge in [0, 0.05) is 31.7 Å². The van der Waals surface area contributed by atoms with Gasteiger partial charge in [-0.3, -0.25) is 4.79 Å². The predicted octanol–water partition coefficient (Wildman–Crippen LogP) is 1.90. The molecule has 0 saturated carbocycles. The summed E-state index contributed by atoms with van der Waals surface area (Å²) in [5, 5.41) is 9.18. The van der Waals surface area contributed by atoms with Crippen LogP contribution in [0.15, 0.2) is 24.3 Å². The number of carboxylic acid groups (broad SMARTS) is 1. The van der Waals surface area contributed by atoms with Crippen LogP contribution in [-0.2, 0) is 16.0 Å². The first-order valence-corrected chi connectivity index (χ1v) is 8.02. The number of anilines is 1. The molecule has 2 heterocycles. The summed E-state index contributed by atoms with van der Waals surface area (Å²) in [6, 6.07) is 7.70. The van der Waals surface area contributed by atoms with Gasteiger partial charge < -0.3 is 14.9 Å². The Kier molecular flexibility index (Phi) is 4.32. The molecule has 2 aliphatic heterocycles. The number of fused-ring (bicyclic) bond motifs is 1. The first-order valence-electron chi connectivity index (χ1n) is 8.02. The number of rotatable bonds is 4. The van der Waals surface area contributed by atoms with Crippen molar-refractivity contribution in [2.45, 2.75) is 38.1 Å². The first kappa shape index (κ1) is 14.9. The molecule has 22 heavy (non-hydrogen) atoms. The van der Waals surface area contributed by atoms with Gasteiger partial charge in [-0.15, -0.1) is 0 Å². The lowest BCUT2D eigenvalue weighted by atomic mass is 10.0. The smallest absolute Gasteiger partial charge is 0.326 e. The van der Waals surface area contributed by atoms with E-state index in [9.17, 15) is 14.7 Å². The number of likely N-dealkylation sites (tertiary alicyclic amines) is 1. The Balaban J connectivity index is 1.61. The van der Waals surface area contributed by atoms with Crippen LogP contribution in [0, 0.1) is 0 Å². The van der Waals surface area contributed by atoms with E-state index in [1.807, 2.05) is 6.07 Å². The molecule has 1 amide bonds. The summed E-state index contributed by atoms with van der Waals surface area (Å²) >= 11 is 0. The van der Waals surface area contributed by atoms with Gasteiger partial charge in [0.05, 0.1) is 0 Å². The van der Waals surface area contributed by atoms with Gasteiger partial charge in [-0.05, 0) is 37.3 Å². The maximum Gasteiger partial charge on any atom is 0.326 e. The SMILES string of the molecule is O=C(O)[C@@H]1CCCN1C(=O)CCN1CCCc2ccccc21. The van der Waals surface area contributed by atoms with E-state index in [0.717, 1.165) is 25.8 Å². The Morgan fingerprint density at radius 2 is 2.00 bits per heavy atom. The Morgan fingerprint density at radius 1 is 1.18 bits per heavy atom. The number of benzene rings is 1. The molecule has 0 bridgehead atoms. The average molecular weight is 302 g/mol. The number of para-hydroxylation sites is 1. The maximum absolute atomic E-state index is 12.4. The number of nitrogens with zero attached hydrogens (tertiary/aromatic N) is 2. The van der Waals surface area contributed by atoms with E-state index in [2.05, 4.69) is 23.1 Å². The molecule has 0 aliphatic carbocycles. The third-order valence-corrected chi connectivity index (χ3v) is 4.66. The second kappa shape index (κ2) is 6.38. The standard InChI is InChI=1S/C17H22N2O3/c20-16(19-11-4-8-15(19)17(21)22)9-12-18-10-3-6-13-5-1-2-7-14(13)18/h1-2,5,7,15H,3-4,6,8-12H2,(H,21,22)/t15-/m0/s1. The van der Waals surface area contributed by atoms with Crippen molar-refractivity contribution < 1.29 is 14.7 Å². The number of aliphatic carboxylic acids is 1. The average Bonchev–Trinajstić information content (AvgIpc) is 3.02. The van der Waals surface area contributed by atoms with Crippen molar-refractivity contribution >= 4 is 17.6 Å². The Labute approximate surface area is 130 Å². The normalized spacial score (nSPS) is 20.8. The lowest BCUT2D eigenvalue weighted by Gasteiger charge is -2.32. The largest absolute Gasteiger partial charge is 0.480 e. The van der Waals surface area contributed by atoms with Gasteiger partial charge in [0.15, 0.2) is 0 Å². The molecule has 3 rings (SSSR count). The zero-order chi connectivity index (χ0) is 15.5. The summed E-state index contributed by atoms with van der Waals surface area (Å²) in [6.45, 7) is 2.21. The van der Waals surface area contributed by atoms with Crippen LogP contribution in [-0.4, -0.2) is 47.6 Å². The highest BCUT2D eigenvalue weighted by Gasteiger charge is 2.33. The van der Waals surface area contributed by atoms with Crippen LogP contribution in [0.5, 0.6) is 0 Å². The molecule has 1 fully saturated rings. The minimum absolute atomic E-state index is 0.0343. The Hall–Kier alpha value is -2.04. The van der Waals surface area contributed by atoms with E-state index >= 15 is 0 Å². The van der Waals surface area contributed by atoms with Gasteiger partial charge in [0.1, 0.15) is 6.04 Å². The quantitative estimate of drug-likeness (QED) is 0.923. The summed E-state index contributed by atoms with van der Waals surface area (Å²) in [5.74, 6) is -0.915. The predicted molar refractivity (Wildman–Crippen MR) is 84.0 cm³/mol. The van der Waals surface area contributed by atoms with Gasteiger partial charge >= 0.3 is 5.97 Å². The molecule has 5 nitrogen and oxygen atoms in total. The van der Waals surface area contributed by atoms with Crippen LogP contribution in [0.1, 0.15) is 31.2 Å². The molecule has 0 radical (unpaired) electrons. The Morgan fingerprint density at radius 3 is 2.82 bits per heavy atom. The number of carboxylic acids is 1. The monoisotopic (exact) mass is 302 g/mol. The van der Waals surface area contributed by atoms with E-state index in [1.54, 1.807) is 0 Å². The number of aryl methyl sites for hydroxylation is 1. The number of hydrogen-bond acceptors (Lipinski definition) is 3. The molecule has 1 N–H and O–H groups in total. The molecule has 0 aromatic heterocycles. The third-order valence-electron chi connectivity index (χ3n) is 4.66. The van der Waals surface area contributed by atoms with Crippen LogP contribution in [0.3, 0.4) is 0 Å². The van der Waals surface area contributed by atoms with Crippen molar-refractivity contribution in [1.29, 1.82) is 0 Å². The zero-order valence-electron chi connectivity index (χ0n) is 12.7. The molecular weight excluding hydrogens is 280 g/mol. The van der Waals surface area contributed by atoms with Gasteiger partial charge in [-0.25, -0.2) is 4.79 Å². The van der Waals surface area contributed by atoms with Crippen molar-refractivity contribution in [1.82, 2.24) is 4.90 Å². The summed E-state index contributed by atoms with van der Waals surface area (Å²) in [5.41, 5.74) is 2.56. The first-order chi connectivity index (χ1) is 10.7. The van der Waals surface area contributed by atoms with Crippen LogP contribution >= 0.6 is 0 Å². The van der Waals surface area contributed by atoms with E-state index < -0.39 is 12.0 Å². The van der Waals surface area contributed by atoms with Gasteiger partial charge in [0.25, 0.3) is 0 Å². The minimum Gasteiger partial charge on any atom is -0.480 e. The van der Waals surface area contributed by atoms with Crippen molar-refractivity contribution in [3.05, 3.63) is 29.8 Å². The molecular formula is C17H22N2O3. The van der Waals surface area contributed by atoms with Crippen LogP contribution in [0.25, 0.3) is 0 Å². The molecule has 1 atom stereocenters. The van der Waals surface area contributed by atoms with Gasteiger partial charge in [0.2, 0.25) is 5.91 Å². The number of carbonyl (C=O) groups excluding carboxylic acids is 1. The lowest BCUT2D eigenvalue weighted by molar-refractivity contribution is -0.148. The fourth-order valence-corrected chi connectivity index (χ4v) is 3.54. The van der Waals surface area contributed by atoms with Gasteiger partial charge in [-0.2, -0.15) is 0 Å². The lowest BCUT2D eigenvalue weighted by Crippen LogP contribution is -2.42. The van der Waals surface area contributed by atoms with E-state index in [4.69, 9.17) is 0 Å². The summed E-state index contributed by atoms with van der Waals surface area (Å²) < 4.78 is 0. The summed E-state index contributed by atoms with van der Waals surface area (Å²) in [7, 11) is 0. The number of amides is 1. The molecule has 1 aromatic rings. The van der Waals surface area contributed by atoms with E-state index in [-0.39, 0.29) is 5.91 Å². The molecule has 1 saturated heterocycles. The van der Waals surface area contributed by atoms with Crippen molar-refractivity contribution in [3.8, 4) is 0 Å². The molecule has 118 valence electrons. The molecule has 2 aliphatic rings. The van der Waals surface area contributed by atoms with E-state index in [0.29, 0.717) is 25.9 Å². The fourth-order valence-electron chi connectivity index (χ4n) is 3.54. The Bertz CT molecular complexity index is 573. The highest BCUT2D eigenvalue weighted by molar-refractivity contribution is 5.84. The van der Waals surface area contributed by atoms with Crippen molar-refractivity contribution in [2.75, 3.05) is 24.5 Å². The maximum atomic E-state index is 12.4. The molecule has 0 spiro atoms. The summed E-state index contributed by atoms with van der Waals surface area (Å²) in [4.78, 5) is 27.3. The number of hydrogen-bond donors (Lipinski definition) is 1. The van der Waals surface area contributed by atoms with Crippen LogP contribution in [0.2, 0.25) is 0 Å². The van der Waals surface area contributed by atoms with Crippen molar-refractivity contribution in [3.63, 3.8) is 0 Å². The van der Waals surface area contributed by atoms with E-state index in [1.165, 1.54) is 16.2 Å². The molecule has 0 unspecified atom stereocenters. The van der Waals surface area contributed by atoms with Gasteiger partial charge in [-0.1, -0.05) is 18.2 Å². The second-order valence-corrected chi connectivity index (χ2v) is 6.05. The third kappa shape index (κ3) is 2.93. The second-order valence-electron chi connectivity index (χ2n) is 6.05. The van der Waals surface area contributed by atoms with Crippen LogP contribution in [0.4, 0.5) is 5.69 Å². The highest BCUT2D eigenvalue weighted by Crippen LogP contribution is 2.27. The molecule has 1 aromatic carbocycles. The summed E-state index contributed by atoms with van der Waals surface area (Å²) in [6.07, 6.45) is 3.95. The topological polar surface area (TPSA) is 60.9 Å². The fraction of sp³-hybridized carbons (Fsp3) is 0.529. The van der Waals surface area contributed by atoms with Crippen LogP contribution < -0.4 is 4.90 Å². The molecule has 5 heteroatoms. The highest BCUT2D eigenvalue weighted by atomic mass is 16.4. The number of carbonyl (C=O) groups is 2.